The molecule has 3 atom stereocenters. The monoisotopic (exact) mass is 555 g/mol. The van der Waals surface area contributed by atoms with Crippen LogP contribution in [0.25, 0.3) is 0 Å². The molecule has 0 bridgehead atoms. The SMILES string of the molecule is CCCCCCCCCCCCCCCCCC(C)NC(CO)COC.C[N+](C)(C)CC(O)P(=O)(O)O. The van der Waals surface area contributed by atoms with Crippen LogP contribution in [0.2, 0.25) is 0 Å². The maximum Gasteiger partial charge on any atom is 0.359 e. The van der Waals surface area contributed by atoms with Gasteiger partial charge in [-0.3, -0.25) is 4.57 Å². The summed E-state index contributed by atoms with van der Waals surface area (Å²) in [4.78, 5) is 17.0. The Labute approximate surface area is 229 Å². The van der Waals surface area contributed by atoms with E-state index >= 15 is 0 Å². The summed E-state index contributed by atoms with van der Waals surface area (Å²) in [5.41, 5.74) is 0. The fourth-order valence-electron chi connectivity index (χ4n) is 4.26. The molecule has 0 aliphatic rings. The molecule has 3 unspecified atom stereocenters. The number of methoxy groups -OCH3 is 1. The third-order valence-corrected chi connectivity index (χ3v) is 7.39. The number of nitrogens with one attached hydrogen (secondary N) is 1. The predicted octanol–water partition coefficient (Wildman–Crippen LogP) is 5.42. The summed E-state index contributed by atoms with van der Waals surface area (Å²) in [6.07, 6.45) is 22.4. The molecule has 0 rings (SSSR count). The Kier molecular flexibility index (Phi) is 26.4. The van der Waals surface area contributed by atoms with Crippen molar-refractivity contribution in [1.82, 2.24) is 5.32 Å². The van der Waals surface area contributed by atoms with Crippen molar-refractivity contribution in [2.24, 2.45) is 0 Å². The molecule has 226 valence electrons. The van der Waals surface area contributed by atoms with E-state index in [4.69, 9.17) is 19.6 Å². The summed E-state index contributed by atoms with van der Waals surface area (Å²) >= 11 is 0. The van der Waals surface area contributed by atoms with E-state index in [9.17, 15) is 9.67 Å². The number of rotatable bonds is 24. The molecule has 9 heteroatoms. The number of hydrogen-bond acceptors (Lipinski definition) is 5. The average molecular weight is 556 g/mol. The first-order chi connectivity index (χ1) is 17.4. The van der Waals surface area contributed by atoms with Crippen molar-refractivity contribution in [3.05, 3.63) is 0 Å². The molecule has 0 aliphatic carbocycles. The number of hydrogen-bond donors (Lipinski definition) is 5. The van der Waals surface area contributed by atoms with Gasteiger partial charge in [0.2, 0.25) is 5.85 Å². The van der Waals surface area contributed by atoms with E-state index in [0.29, 0.717) is 17.1 Å². The Morgan fingerprint density at radius 2 is 1.22 bits per heavy atom. The first-order valence-corrected chi connectivity index (χ1v) is 16.4. The van der Waals surface area contributed by atoms with Gasteiger partial charge in [-0.25, -0.2) is 0 Å². The van der Waals surface area contributed by atoms with E-state index < -0.39 is 13.4 Å². The van der Waals surface area contributed by atoms with E-state index in [1.165, 1.54) is 103 Å². The highest BCUT2D eigenvalue weighted by molar-refractivity contribution is 7.52. The molecule has 37 heavy (non-hydrogen) atoms. The lowest BCUT2D eigenvalue weighted by atomic mass is 10.0. The van der Waals surface area contributed by atoms with Gasteiger partial charge < -0.3 is 34.5 Å². The van der Waals surface area contributed by atoms with Crippen LogP contribution < -0.4 is 5.32 Å². The van der Waals surface area contributed by atoms with E-state index in [1.54, 1.807) is 28.3 Å². The predicted molar refractivity (Wildman–Crippen MR) is 156 cm³/mol. The molecular formula is C28H64N2O6P+. The van der Waals surface area contributed by atoms with Crippen LogP contribution >= 0.6 is 7.60 Å². The van der Waals surface area contributed by atoms with Gasteiger partial charge in [0, 0.05) is 13.2 Å². The summed E-state index contributed by atoms with van der Waals surface area (Å²) in [7, 11) is 2.62. The van der Waals surface area contributed by atoms with Gasteiger partial charge in [0.15, 0.2) is 0 Å². The molecular weight excluding hydrogens is 491 g/mol. The number of aliphatic hydroxyl groups excluding tert-OH is 2. The Bertz CT molecular complexity index is 527. The minimum Gasteiger partial charge on any atom is -0.395 e. The van der Waals surface area contributed by atoms with Gasteiger partial charge in [0.1, 0.15) is 6.54 Å². The van der Waals surface area contributed by atoms with Gasteiger partial charge >= 0.3 is 7.60 Å². The minimum atomic E-state index is -4.31. The second kappa shape index (κ2) is 25.0. The van der Waals surface area contributed by atoms with E-state index in [2.05, 4.69) is 19.2 Å². The normalized spacial score (nSPS) is 14.6. The Morgan fingerprint density at radius 1 is 0.811 bits per heavy atom. The van der Waals surface area contributed by atoms with Gasteiger partial charge in [-0.2, -0.15) is 0 Å². The van der Waals surface area contributed by atoms with Gasteiger partial charge in [-0.05, 0) is 13.3 Å². The van der Waals surface area contributed by atoms with Crippen LogP contribution in [0.4, 0.5) is 0 Å². The summed E-state index contributed by atoms with van der Waals surface area (Å²) in [6, 6.07) is 0.538. The molecule has 0 fully saturated rings. The van der Waals surface area contributed by atoms with Crippen molar-refractivity contribution in [3.8, 4) is 0 Å². The molecule has 0 aromatic rings. The zero-order valence-corrected chi connectivity index (χ0v) is 26.1. The van der Waals surface area contributed by atoms with Crippen LogP contribution in [-0.2, 0) is 9.30 Å². The van der Waals surface area contributed by atoms with Gasteiger partial charge in [0.05, 0.1) is 40.4 Å². The topological polar surface area (TPSA) is 119 Å². The highest BCUT2D eigenvalue weighted by atomic mass is 31.2. The number of nitrogens with zero attached hydrogens (tertiary/aromatic N) is 1. The van der Waals surface area contributed by atoms with Crippen molar-refractivity contribution >= 4 is 7.60 Å². The summed E-state index contributed by atoms with van der Waals surface area (Å²) in [5.74, 6) is -1.55. The standard InChI is InChI=1S/C23H49NO2.C5H14NO4P/c1-4-5-6-7-8-9-10-11-12-13-14-15-16-17-18-19-22(2)24-23(20-25)21-26-3;1-6(2,3)4-5(7)11(8,9)10/h22-25H,4-21H2,1-3H3;5,7H,4H2,1-3H3,(H-,8,9,10)/p+1. The third kappa shape index (κ3) is 30.3. The number of ether oxygens (including phenoxy) is 1. The molecule has 8 nitrogen and oxygen atoms in total. The molecule has 0 spiro atoms. The Hall–Kier alpha value is -0.0500. The zero-order chi connectivity index (χ0) is 28.6. The van der Waals surface area contributed by atoms with Crippen molar-refractivity contribution < 1.29 is 33.8 Å². The van der Waals surface area contributed by atoms with E-state index in [1.807, 2.05) is 0 Å². The van der Waals surface area contributed by atoms with Gasteiger partial charge in [-0.15, -0.1) is 0 Å². The Balaban J connectivity index is 0. The van der Waals surface area contributed by atoms with Gasteiger partial charge in [0.25, 0.3) is 0 Å². The van der Waals surface area contributed by atoms with Crippen molar-refractivity contribution in [1.29, 1.82) is 0 Å². The largest absolute Gasteiger partial charge is 0.395 e. The highest BCUT2D eigenvalue weighted by Gasteiger charge is 2.31. The third-order valence-electron chi connectivity index (χ3n) is 6.45. The second-order valence-corrected chi connectivity index (χ2v) is 13.5. The summed E-state index contributed by atoms with van der Waals surface area (Å²) in [6.45, 7) is 5.28. The maximum atomic E-state index is 10.4. The molecule has 0 saturated heterocycles. The minimum absolute atomic E-state index is 0.0459. The summed E-state index contributed by atoms with van der Waals surface area (Å²) < 4.78 is 15.9. The second-order valence-electron chi connectivity index (χ2n) is 11.7. The van der Waals surface area contributed by atoms with Crippen molar-refractivity contribution in [3.63, 3.8) is 0 Å². The lowest BCUT2D eigenvalue weighted by Gasteiger charge is -2.26. The molecule has 0 aromatic carbocycles. The Morgan fingerprint density at radius 3 is 1.51 bits per heavy atom. The molecule has 0 heterocycles. The number of likely N-dealkylation sites (N-methyl/N-ethyl adjacent to an activating group) is 1. The van der Waals surface area contributed by atoms with E-state index in [0.717, 1.165) is 0 Å². The van der Waals surface area contributed by atoms with Crippen LogP contribution in [-0.4, -0.2) is 90.4 Å². The van der Waals surface area contributed by atoms with Gasteiger partial charge in [-0.1, -0.05) is 103 Å². The highest BCUT2D eigenvalue weighted by Crippen LogP contribution is 2.39. The zero-order valence-electron chi connectivity index (χ0n) is 25.2. The van der Waals surface area contributed by atoms with Crippen LogP contribution in [0.15, 0.2) is 0 Å². The molecule has 0 radical (unpaired) electrons. The molecule has 5 N–H and O–H groups in total. The lowest BCUT2D eigenvalue weighted by molar-refractivity contribution is -0.872. The number of unbranched alkanes of at least 4 members (excludes halogenated alkanes) is 14. The molecule has 0 amide bonds. The smallest absolute Gasteiger partial charge is 0.359 e. The molecule has 0 aromatic heterocycles. The lowest BCUT2D eigenvalue weighted by Crippen LogP contribution is -2.41. The first kappa shape index (κ1) is 39.1. The van der Waals surface area contributed by atoms with Crippen molar-refractivity contribution in [2.75, 3.05) is 48.0 Å². The van der Waals surface area contributed by atoms with Crippen LogP contribution in [0.1, 0.15) is 117 Å². The fourth-order valence-corrected chi connectivity index (χ4v) is 4.96. The average Bonchev–Trinajstić information content (AvgIpc) is 2.80. The van der Waals surface area contributed by atoms with Crippen LogP contribution in [0, 0.1) is 0 Å². The maximum absolute atomic E-state index is 10.4. The van der Waals surface area contributed by atoms with Crippen LogP contribution in [0.5, 0.6) is 0 Å². The first-order valence-electron chi connectivity index (χ1n) is 14.8. The van der Waals surface area contributed by atoms with Crippen LogP contribution in [0.3, 0.4) is 0 Å². The number of aliphatic hydroxyl groups is 2. The molecule has 0 aliphatic heterocycles. The van der Waals surface area contributed by atoms with E-state index in [-0.39, 0.29) is 19.2 Å². The molecule has 0 saturated carbocycles. The van der Waals surface area contributed by atoms with Crippen molar-refractivity contribution in [2.45, 2.75) is 135 Å². The number of quaternary nitrogens is 1. The fraction of sp³-hybridized carbons (Fsp3) is 1.00. The summed E-state index contributed by atoms with van der Waals surface area (Å²) in [5, 5.41) is 21.7. The quantitative estimate of drug-likeness (QED) is 0.0613.